The van der Waals surface area contributed by atoms with E-state index in [-0.39, 0.29) is 18.4 Å². The maximum Gasteiger partial charge on any atom is 0.321 e. The smallest absolute Gasteiger partial charge is 0.321 e. The molecule has 3 amide bonds. The molecule has 92 valence electrons. The second kappa shape index (κ2) is 6.78. The molecule has 0 radical (unpaired) electrons. The van der Waals surface area contributed by atoms with Crippen molar-refractivity contribution >= 4 is 17.9 Å². The van der Waals surface area contributed by atoms with E-state index in [0.29, 0.717) is 0 Å². The number of nitrogens with one attached hydrogen (secondary N) is 2. The van der Waals surface area contributed by atoms with Gasteiger partial charge in [-0.2, -0.15) is 0 Å². The molecular formula is C9H17N3O4. The van der Waals surface area contributed by atoms with Crippen molar-refractivity contribution in [2.45, 2.75) is 26.3 Å². The summed E-state index contributed by atoms with van der Waals surface area (Å²) in [6.07, 6.45) is 0.813. The zero-order chi connectivity index (χ0) is 12.7. The van der Waals surface area contributed by atoms with Gasteiger partial charge in [0.1, 0.15) is 6.04 Å². The quantitative estimate of drug-likeness (QED) is 0.477. The summed E-state index contributed by atoms with van der Waals surface area (Å²) < 4.78 is 0. The van der Waals surface area contributed by atoms with Crippen molar-refractivity contribution in [2.24, 2.45) is 11.7 Å². The van der Waals surface area contributed by atoms with Crippen molar-refractivity contribution in [1.29, 1.82) is 0 Å². The van der Waals surface area contributed by atoms with Gasteiger partial charge in [-0.05, 0) is 5.92 Å². The molecule has 1 fully saturated rings. The Hall–Kier alpha value is -1.63. The Kier molecular flexibility index (Phi) is 6.09. The van der Waals surface area contributed by atoms with Crippen LogP contribution in [0.15, 0.2) is 0 Å². The molecule has 0 aromatic heterocycles. The van der Waals surface area contributed by atoms with E-state index in [1.165, 1.54) is 0 Å². The molecule has 0 aliphatic carbocycles. The summed E-state index contributed by atoms with van der Waals surface area (Å²) in [6, 6.07) is -1.10. The first-order valence-electron chi connectivity index (χ1n) is 4.94. The molecule has 0 aromatic carbocycles. The standard InChI is InChI=1S/C6H13NO2.C3H4N2O2/c1-3-4(2)5(7)6(8)9;6-2-1-4-3(7)5-2/h4-5H,3,7H2,1-2H3,(H,8,9);1H2,(H2,4,5,6,7)/t4-,5+;/m1./s1. The largest absolute Gasteiger partial charge is 0.480 e. The van der Waals surface area contributed by atoms with Crippen molar-refractivity contribution < 1.29 is 19.5 Å². The van der Waals surface area contributed by atoms with Crippen molar-refractivity contribution in [1.82, 2.24) is 10.6 Å². The van der Waals surface area contributed by atoms with Crippen LogP contribution < -0.4 is 16.4 Å². The minimum absolute atomic E-state index is 0.0718. The Balaban J connectivity index is 0.000000288. The highest BCUT2D eigenvalue weighted by molar-refractivity contribution is 6.01. The first kappa shape index (κ1) is 14.4. The average Bonchev–Trinajstić information content (AvgIpc) is 2.61. The van der Waals surface area contributed by atoms with Crippen LogP contribution in [0.2, 0.25) is 0 Å². The lowest BCUT2D eigenvalue weighted by Gasteiger charge is -2.11. The first-order valence-corrected chi connectivity index (χ1v) is 4.94. The highest BCUT2D eigenvalue weighted by Crippen LogP contribution is 2.04. The molecule has 7 heteroatoms. The second-order valence-corrected chi connectivity index (χ2v) is 3.48. The lowest BCUT2D eigenvalue weighted by molar-refractivity contribution is -0.139. The maximum atomic E-state index is 10.2. The van der Waals surface area contributed by atoms with Gasteiger partial charge in [-0.3, -0.25) is 14.9 Å². The van der Waals surface area contributed by atoms with E-state index in [4.69, 9.17) is 10.8 Å². The predicted octanol–water partition coefficient (Wildman–Crippen LogP) is -0.730. The molecule has 7 nitrogen and oxygen atoms in total. The number of hydrogen-bond acceptors (Lipinski definition) is 4. The summed E-state index contributed by atoms with van der Waals surface area (Å²) in [5.41, 5.74) is 5.27. The number of carbonyl (C=O) groups is 3. The third kappa shape index (κ3) is 5.30. The van der Waals surface area contributed by atoms with Crippen molar-refractivity contribution in [3.8, 4) is 0 Å². The van der Waals surface area contributed by atoms with E-state index < -0.39 is 18.0 Å². The van der Waals surface area contributed by atoms with Crippen LogP contribution in [0, 0.1) is 5.92 Å². The van der Waals surface area contributed by atoms with Crippen molar-refractivity contribution in [3.05, 3.63) is 0 Å². The zero-order valence-corrected chi connectivity index (χ0v) is 9.32. The van der Waals surface area contributed by atoms with Crippen molar-refractivity contribution in [2.75, 3.05) is 6.54 Å². The lowest BCUT2D eigenvalue weighted by atomic mass is 10.0. The monoisotopic (exact) mass is 231 g/mol. The molecule has 0 aromatic rings. The highest BCUT2D eigenvalue weighted by atomic mass is 16.4. The Labute approximate surface area is 93.4 Å². The number of urea groups is 1. The Bertz CT molecular complexity index is 266. The summed E-state index contributed by atoms with van der Waals surface area (Å²) in [5, 5.41) is 12.7. The van der Waals surface area contributed by atoms with Gasteiger partial charge in [0.15, 0.2) is 0 Å². The summed E-state index contributed by atoms with van der Waals surface area (Å²) >= 11 is 0. The van der Waals surface area contributed by atoms with E-state index in [9.17, 15) is 14.4 Å². The summed E-state index contributed by atoms with van der Waals surface area (Å²) in [7, 11) is 0. The number of carbonyl (C=O) groups excluding carboxylic acids is 2. The normalized spacial score (nSPS) is 17.7. The molecule has 1 heterocycles. The minimum Gasteiger partial charge on any atom is -0.480 e. The van der Waals surface area contributed by atoms with Crippen LogP contribution >= 0.6 is 0 Å². The van der Waals surface area contributed by atoms with Gasteiger partial charge in [-0.1, -0.05) is 20.3 Å². The zero-order valence-electron chi connectivity index (χ0n) is 9.32. The lowest BCUT2D eigenvalue weighted by Crippen LogP contribution is -2.36. The average molecular weight is 231 g/mol. The van der Waals surface area contributed by atoms with E-state index in [1.54, 1.807) is 0 Å². The number of carboxylic acid groups (broad SMARTS) is 1. The molecule has 1 rings (SSSR count). The van der Waals surface area contributed by atoms with E-state index in [0.717, 1.165) is 6.42 Å². The van der Waals surface area contributed by atoms with Crippen LogP contribution in [0.1, 0.15) is 20.3 Å². The number of rotatable bonds is 3. The molecule has 1 saturated heterocycles. The Morgan fingerprint density at radius 3 is 2.25 bits per heavy atom. The minimum atomic E-state index is -0.913. The third-order valence-corrected chi connectivity index (χ3v) is 2.20. The second-order valence-electron chi connectivity index (χ2n) is 3.48. The number of imide groups is 1. The van der Waals surface area contributed by atoms with Gasteiger partial charge >= 0.3 is 12.0 Å². The number of hydrogen-bond donors (Lipinski definition) is 4. The fourth-order valence-corrected chi connectivity index (χ4v) is 0.873. The van der Waals surface area contributed by atoms with Gasteiger partial charge in [0.25, 0.3) is 0 Å². The Morgan fingerprint density at radius 1 is 1.56 bits per heavy atom. The van der Waals surface area contributed by atoms with Crippen LogP contribution in [0.4, 0.5) is 4.79 Å². The van der Waals surface area contributed by atoms with Crippen LogP contribution in [-0.4, -0.2) is 35.6 Å². The molecule has 5 N–H and O–H groups in total. The summed E-state index contributed by atoms with van der Waals surface area (Å²) in [4.78, 5) is 30.2. The topological polar surface area (TPSA) is 122 Å². The number of nitrogens with two attached hydrogens (primary N) is 1. The van der Waals surface area contributed by atoms with E-state index in [2.05, 4.69) is 5.32 Å². The molecule has 0 unspecified atom stereocenters. The van der Waals surface area contributed by atoms with Crippen LogP contribution in [0.25, 0.3) is 0 Å². The van der Waals surface area contributed by atoms with Gasteiger partial charge in [-0.25, -0.2) is 4.79 Å². The Morgan fingerprint density at radius 2 is 2.12 bits per heavy atom. The SMILES string of the molecule is CC[C@@H](C)[C@H](N)C(=O)O.O=C1CNC(=O)N1. The molecule has 2 atom stereocenters. The van der Waals surface area contributed by atoms with Gasteiger partial charge in [-0.15, -0.1) is 0 Å². The molecule has 0 spiro atoms. The number of carboxylic acids is 1. The molecule has 0 saturated carbocycles. The molecule has 1 aliphatic rings. The fraction of sp³-hybridized carbons (Fsp3) is 0.667. The van der Waals surface area contributed by atoms with E-state index >= 15 is 0 Å². The molecular weight excluding hydrogens is 214 g/mol. The molecule has 1 aliphatic heterocycles. The van der Waals surface area contributed by atoms with Crippen LogP contribution in [0.3, 0.4) is 0 Å². The number of amides is 3. The van der Waals surface area contributed by atoms with Crippen LogP contribution in [0.5, 0.6) is 0 Å². The first-order chi connectivity index (χ1) is 7.38. The van der Waals surface area contributed by atoms with Gasteiger partial charge in [0.05, 0.1) is 6.54 Å². The predicted molar refractivity (Wildman–Crippen MR) is 56.6 cm³/mol. The van der Waals surface area contributed by atoms with Gasteiger partial charge < -0.3 is 16.2 Å². The highest BCUT2D eigenvalue weighted by Gasteiger charge is 2.17. The molecule has 16 heavy (non-hydrogen) atoms. The number of aliphatic carboxylic acids is 1. The fourth-order valence-electron chi connectivity index (χ4n) is 0.873. The summed E-state index contributed by atoms with van der Waals surface area (Å²) in [5.74, 6) is -1.10. The maximum absolute atomic E-state index is 10.2. The molecule has 0 bridgehead atoms. The van der Waals surface area contributed by atoms with E-state index in [1.807, 2.05) is 19.2 Å². The van der Waals surface area contributed by atoms with Crippen LogP contribution in [-0.2, 0) is 9.59 Å². The van der Waals surface area contributed by atoms with Gasteiger partial charge in [0.2, 0.25) is 5.91 Å². The van der Waals surface area contributed by atoms with Crippen molar-refractivity contribution in [3.63, 3.8) is 0 Å². The third-order valence-electron chi connectivity index (χ3n) is 2.20. The summed E-state index contributed by atoms with van der Waals surface area (Å²) in [6.45, 7) is 3.88. The van der Waals surface area contributed by atoms with Gasteiger partial charge in [0, 0.05) is 0 Å².